The summed E-state index contributed by atoms with van der Waals surface area (Å²) in [7, 11) is 0.227. The summed E-state index contributed by atoms with van der Waals surface area (Å²) in [6.07, 6.45) is 0. The van der Waals surface area contributed by atoms with Crippen molar-refractivity contribution < 1.29 is 17.9 Å². The number of hydrogen-bond acceptors (Lipinski definition) is 7. The van der Waals surface area contributed by atoms with Gasteiger partial charge in [-0.05, 0) is 30.3 Å². The second-order valence-corrected chi connectivity index (χ2v) is 9.67. The molecule has 1 fully saturated rings. The predicted molar refractivity (Wildman–Crippen MR) is 126 cm³/mol. The molecule has 0 amide bonds. The van der Waals surface area contributed by atoms with Gasteiger partial charge in [-0.2, -0.15) is 0 Å². The third-order valence-corrected chi connectivity index (χ3v) is 7.24. The van der Waals surface area contributed by atoms with Crippen LogP contribution in [0, 0.1) is 0 Å². The highest BCUT2D eigenvalue weighted by Gasteiger charge is 2.25. The molecule has 0 saturated carbocycles. The summed E-state index contributed by atoms with van der Waals surface area (Å²) in [6.45, 7) is 2.00. The van der Waals surface area contributed by atoms with E-state index in [9.17, 15) is 18.0 Å². The van der Waals surface area contributed by atoms with Crippen molar-refractivity contribution in [3.05, 3.63) is 56.1 Å². The molecule has 2 aromatic carbocycles. The number of fused-ring (bicyclic) bond motifs is 1. The molecule has 3 aromatic rings. The van der Waals surface area contributed by atoms with Crippen LogP contribution in [0.15, 0.2) is 44.8 Å². The van der Waals surface area contributed by atoms with Crippen LogP contribution in [-0.4, -0.2) is 51.0 Å². The molecule has 1 N–H and O–H groups in total. The van der Waals surface area contributed by atoms with E-state index in [4.69, 9.17) is 21.1 Å². The Balaban J connectivity index is 1.94. The Morgan fingerprint density at radius 1 is 1.00 bits per heavy atom. The number of nitrogens with zero attached hydrogens (tertiary/aromatic N) is 3. The topological polar surface area (TPSA) is 112 Å². The van der Waals surface area contributed by atoms with Gasteiger partial charge in [0.05, 0.1) is 42.7 Å². The van der Waals surface area contributed by atoms with Crippen LogP contribution in [0.2, 0.25) is 5.02 Å². The second kappa shape index (κ2) is 8.73. The highest BCUT2D eigenvalue weighted by molar-refractivity contribution is 7.92. The number of aryl methyl sites for hydroxylation is 2. The van der Waals surface area contributed by atoms with Crippen LogP contribution in [0.5, 0.6) is 5.75 Å². The molecule has 1 saturated heterocycles. The molecule has 0 atom stereocenters. The number of hydrogen-bond donors (Lipinski definition) is 1. The summed E-state index contributed by atoms with van der Waals surface area (Å²) >= 11 is 6.04. The van der Waals surface area contributed by atoms with E-state index in [1.807, 2.05) is 4.90 Å². The zero-order chi connectivity index (χ0) is 23.9. The van der Waals surface area contributed by atoms with Crippen molar-refractivity contribution in [3.63, 3.8) is 0 Å². The molecule has 1 aliphatic heterocycles. The predicted octanol–water partition coefficient (Wildman–Crippen LogP) is 1.54. The van der Waals surface area contributed by atoms with Crippen LogP contribution >= 0.6 is 11.6 Å². The fourth-order valence-corrected chi connectivity index (χ4v) is 5.31. The van der Waals surface area contributed by atoms with Crippen LogP contribution < -0.4 is 25.5 Å². The molecular weight excluding hydrogens is 472 g/mol. The lowest BCUT2D eigenvalue weighted by Crippen LogP contribution is -2.40. The fourth-order valence-electron chi connectivity index (χ4n) is 3.82. The van der Waals surface area contributed by atoms with E-state index in [1.54, 1.807) is 12.1 Å². The summed E-state index contributed by atoms with van der Waals surface area (Å²) in [5, 5.41) is 0.237. The molecule has 1 aliphatic rings. The summed E-state index contributed by atoms with van der Waals surface area (Å²) < 4.78 is 42.5. The van der Waals surface area contributed by atoms with Gasteiger partial charge in [-0.15, -0.1) is 0 Å². The molecule has 0 bridgehead atoms. The number of methoxy groups -OCH3 is 1. The van der Waals surface area contributed by atoms with Gasteiger partial charge in [0, 0.05) is 32.2 Å². The Morgan fingerprint density at radius 3 is 2.21 bits per heavy atom. The van der Waals surface area contributed by atoms with E-state index >= 15 is 0 Å². The van der Waals surface area contributed by atoms with Crippen molar-refractivity contribution in [2.75, 3.05) is 43.0 Å². The quantitative estimate of drug-likeness (QED) is 0.535. The van der Waals surface area contributed by atoms with E-state index in [0.717, 1.165) is 0 Å². The lowest BCUT2D eigenvalue weighted by Gasteiger charge is -2.31. The summed E-state index contributed by atoms with van der Waals surface area (Å²) in [5.41, 5.74) is 0.315. The lowest BCUT2D eigenvalue weighted by molar-refractivity contribution is 0.123. The Labute approximate surface area is 195 Å². The zero-order valence-electron chi connectivity index (χ0n) is 18.3. The zero-order valence-corrected chi connectivity index (χ0v) is 19.9. The molecule has 1 aromatic heterocycles. The number of morpholine rings is 1. The first-order valence-electron chi connectivity index (χ1n) is 10.1. The van der Waals surface area contributed by atoms with Gasteiger partial charge in [-0.25, -0.2) is 8.42 Å². The average molecular weight is 495 g/mol. The SMILES string of the molecule is COc1ccc(Cl)cc1S(=O)(=O)Nc1cc2c(cc1N1CCOCC1)n(C)c(=O)c(=O)n2C. The molecule has 33 heavy (non-hydrogen) atoms. The smallest absolute Gasteiger partial charge is 0.316 e. The number of aromatic nitrogens is 2. The largest absolute Gasteiger partial charge is 0.495 e. The van der Waals surface area contributed by atoms with Gasteiger partial charge in [0.1, 0.15) is 10.6 Å². The molecule has 4 rings (SSSR count). The lowest BCUT2D eigenvalue weighted by atomic mass is 10.2. The van der Waals surface area contributed by atoms with Crippen molar-refractivity contribution in [2.24, 2.45) is 14.1 Å². The van der Waals surface area contributed by atoms with Gasteiger partial charge in [-0.1, -0.05) is 11.6 Å². The van der Waals surface area contributed by atoms with Gasteiger partial charge >= 0.3 is 11.1 Å². The second-order valence-electron chi connectivity index (χ2n) is 7.59. The first-order chi connectivity index (χ1) is 15.6. The van der Waals surface area contributed by atoms with Crippen molar-refractivity contribution in [2.45, 2.75) is 4.90 Å². The maximum atomic E-state index is 13.4. The van der Waals surface area contributed by atoms with E-state index < -0.39 is 21.1 Å². The van der Waals surface area contributed by atoms with Crippen LogP contribution in [0.3, 0.4) is 0 Å². The number of ether oxygens (including phenoxy) is 2. The first kappa shape index (κ1) is 23.1. The molecule has 0 spiro atoms. The van der Waals surface area contributed by atoms with Gasteiger partial charge in [0.2, 0.25) is 0 Å². The Hall–Kier alpha value is -3.02. The van der Waals surface area contributed by atoms with Crippen LogP contribution in [-0.2, 0) is 28.9 Å². The molecule has 12 heteroatoms. The number of benzene rings is 2. The minimum atomic E-state index is -4.12. The van der Waals surface area contributed by atoms with Crippen LogP contribution in [0.4, 0.5) is 11.4 Å². The Morgan fingerprint density at radius 2 is 1.61 bits per heavy atom. The van der Waals surface area contributed by atoms with Crippen molar-refractivity contribution in [1.82, 2.24) is 9.13 Å². The van der Waals surface area contributed by atoms with Crippen molar-refractivity contribution >= 4 is 44.0 Å². The normalized spacial score (nSPS) is 14.5. The van der Waals surface area contributed by atoms with Gasteiger partial charge in [0.25, 0.3) is 10.0 Å². The van der Waals surface area contributed by atoms with Crippen LogP contribution in [0.1, 0.15) is 0 Å². The standard InChI is InChI=1S/C21H23ClN4O6S/c1-24-16-11-14(23-33(29,30)19-10-13(22)4-5-18(19)31-3)15(26-6-8-32-9-7-26)12-17(16)25(2)21(28)20(24)27/h4-5,10-12,23H,6-9H2,1-3H3. The molecule has 0 radical (unpaired) electrons. The summed E-state index contributed by atoms with van der Waals surface area (Å²) in [4.78, 5) is 26.6. The monoisotopic (exact) mass is 494 g/mol. The molecule has 176 valence electrons. The fraction of sp³-hybridized carbons (Fsp3) is 0.333. The van der Waals surface area contributed by atoms with Crippen molar-refractivity contribution in [3.8, 4) is 5.75 Å². The van der Waals surface area contributed by atoms with Gasteiger partial charge < -0.3 is 23.5 Å². The number of nitrogens with one attached hydrogen (secondary N) is 1. The van der Waals surface area contributed by atoms with E-state index in [0.29, 0.717) is 43.0 Å². The molecule has 10 nitrogen and oxygen atoms in total. The maximum Gasteiger partial charge on any atom is 0.316 e. The maximum absolute atomic E-state index is 13.4. The molecular formula is C21H23ClN4O6S. The minimum absolute atomic E-state index is 0.125. The average Bonchev–Trinajstić information content (AvgIpc) is 2.81. The van der Waals surface area contributed by atoms with Crippen LogP contribution in [0.25, 0.3) is 11.0 Å². The summed E-state index contributed by atoms with van der Waals surface area (Å²) in [5.74, 6) is 0.135. The van der Waals surface area contributed by atoms with Crippen molar-refractivity contribution in [1.29, 1.82) is 0 Å². The van der Waals surface area contributed by atoms with E-state index in [1.165, 1.54) is 48.5 Å². The molecule has 0 unspecified atom stereocenters. The first-order valence-corrected chi connectivity index (χ1v) is 11.9. The third-order valence-electron chi connectivity index (χ3n) is 5.62. The highest BCUT2D eigenvalue weighted by atomic mass is 35.5. The van der Waals surface area contributed by atoms with Gasteiger partial charge in [-0.3, -0.25) is 14.3 Å². The van der Waals surface area contributed by atoms with Gasteiger partial charge in [0.15, 0.2) is 0 Å². The Bertz CT molecular complexity index is 1460. The minimum Gasteiger partial charge on any atom is -0.495 e. The number of sulfonamides is 1. The molecule has 0 aliphatic carbocycles. The van der Waals surface area contributed by atoms with E-state index in [2.05, 4.69) is 4.72 Å². The Kier molecular flexibility index (Phi) is 6.12. The summed E-state index contributed by atoms with van der Waals surface area (Å²) in [6, 6.07) is 7.56. The number of rotatable bonds is 5. The third kappa shape index (κ3) is 4.19. The number of halogens is 1. The number of anilines is 2. The van der Waals surface area contributed by atoms with E-state index in [-0.39, 0.29) is 21.4 Å². The molecule has 2 heterocycles. The highest BCUT2D eigenvalue weighted by Crippen LogP contribution is 2.35.